The van der Waals surface area contributed by atoms with Crippen LogP contribution in [0.2, 0.25) is 0 Å². The summed E-state index contributed by atoms with van der Waals surface area (Å²) in [6.45, 7) is 1.60. The first-order valence-electron chi connectivity index (χ1n) is 12.1. The zero-order valence-corrected chi connectivity index (χ0v) is 19.5. The number of nitrogens with one attached hydrogen (secondary N) is 1. The largest absolute Gasteiger partial charge is 0.486 e. The molecule has 0 spiro atoms. The minimum Gasteiger partial charge on any atom is -0.486 e. The molecule has 0 bridgehead atoms. The maximum atomic E-state index is 14.9. The van der Waals surface area contributed by atoms with Crippen LogP contribution in [0.5, 0.6) is 5.75 Å². The second-order valence-electron chi connectivity index (χ2n) is 9.62. The molecule has 184 valence electrons. The van der Waals surface area contributed by atoms with Gasteiger partial charge in [0.05, 0.1) is 5.52 Å². The van der Waals surface area contributed by atoms with Gasteiger partial charge in [-0.25, -0.2) is 4.39 Å². The predicted molar refractivity (Wildman–Crippen MR) is 129 cm³/mol. The highest BCUT2D eigenvalue weighted by Crippen LogP contribution is 2.31. The van der Waals surface area contributed by atoms with Crippen molar-refractivity contribution in [2.45, 2.75) is 44.2 Å². The van der Waals surface area contributed by atoms with E-state index < -0.39 is 24.2 Å². The van der Waals surface area contributed by atoms with Crippen LogP contribution in [-0.2, 0) is 22.7 Å². The lowest BCUT2D eigenvalue weighted by Crippen LogP contribution is -2.52. The van der Waals surface area contributed by atoms with Gasteiger partial charge in [-0.3, -0.25) is 29.6 Å². The summed E-state index contributed by atoms with van der Waals surface area (Å²) in [7, 11) is 0. The average molecular weight is 489 g/mol. The lowest BCUT2D eigenvalue weighted by Gasteiger charge is -2.29. The predicted octanol–water partition coefficient (Wildman–Crippen LogP) is 2.60. The van der Waals surface area contributed by atoms with Crippen molar-refractivity contribution in [2.24, 2.45) is 0 Å². The maximum absolute atomic E-state index is 14.9. The molecular formula is C27H25FN4O4. The number of benzene rings is 2. The van der Waals surface area contributed by atoms with Crippen LogP contribution in [0, 0.1) is 0 Å². The lowest BCUT2D eigenvalue weighted by molar-refractivity contribution is -0.136. The molecule has 9 heteroatoms. The molecule has 0 aliphatic carbocycles. The first kappa shape index (κ1) is 22.6. The topological polar surface area (TPSA) is 91.8 Å². The first-order chi connectivity index (χ1) is 17.4. The number of hydrogen-bond donors (Lipinski definition) is 1. The number of imide groups is 1. The number of pyridine rings is 1. The van der Waals surface area contributed by atoms with Crippen LogP contribution in [0.3, 0.4) is 0 Å². The number of ether oxygens (including phenoxy) is 1. The molecule has 2 aromatic carbocycles. The molecule has 0 radical (unpaired) electrons. The van der Waals surface area contributed by atoms with Crippen LogP contribution in [-0.4, -0.2) is 63.9 Å². The van der Waals surface area contributed by atoms with Gasteiger partial charge in [-0.15, -0.1) is 0 Å². The van der Waals surface area contributed by atoms with Gasteiger partial charge in [0, 0.05) is 49.7 Å². The highest BCUT2D eigenvalue weighted by molar-refractivity contribution is 6.05. The number of amides is 3. The Kier molecular flexibility index (Phi) is 5.64. The minimum atomic E-state index is -1.14. The van der Waals surface area contributed by atoms with Crippen molar-refractivity contribution in [3.05, 3.63) is 71.4 Å². The van der Waals surface area contributed by atoms with Crippen molar-refractivity contribution in [3.8, 4) is 5.75 Å². The van der Waals surface area contributed by atoms with Crippen molar-refractivity contribution in [2.75, 3.05) is 13.1 Å². The fraction of sp³-hybridized carbons (Fsp3) is 0.333. The van der Waals surface area contributed by atoms with Gasteiger partial charge in [0.1, 0.15) is 17.9 Å². The molecule has 2 fully saturated rings. The van der Waals surface area contributed by atoms with Gasteiger partial charge in [-0.1, -0.05) is 12.1 Å². The number of alkyl halides is 1. The number of nitrogens with zero attached hydrogens (tertiary/aromatic N) is 3. The summed E-state index contributed by atoms with van der Waals surface area (Å²) in [5, 5.41) is 3.36. The molecule has 3 aliphatic rings. The van der Waals surface area contributed by atoms with Crippen molar-refractivity contribution in [1.82, 2.24) is 20.1 Å². The van der Waals surface area contributed by atoms with Crippen LogP contribution >= 0.6 is 0 Å². The SMILES string of the molecule is O=C1CCC(N2Cc3cc(O[C@@H]4CN(Cc5ccc6ncccc6c5)C[C@H]4F)ccc3C2=O)C(=O)N1. The number of carbonyl (C=O) groups excluding carboxylic acids is 3. The second kappa shape index (κ2) is 8.98. The van der Waals surface area contributed by atoms with Gasteiger partial charge >= 0.3 is 0 Å². The molecular weight excluding hydrogens is 463 g/mol. The van der Waals surface area contributed by atoms with E-state index in [-0.39, 0.29) is 31.3 Å². The summed E-state index contributed by atoms with van der Waals surface area (Å²) in [5.74, 6) is -0.511. The van der Waals surface area contributed by atoms with Crippen molar-refractivity contribution >= 4 is 28.6 Å². The van der Waals surface area contributed by atoms with E-state index in [4.69, 9.17) is 4.74 Å². The Labute approximate surface area is 207 Å². The highest BCUT2D eigenvalue weighted by Gasteiger charge is 2.40. The number of carbonyl (C=O) groups is 3. The van der Waals surface area contributed by atoms with Crippen molar-refractivity contribution in [3.63, 3.8) is 0 Å². The van der Waals surface area contributed by atoms with Crippen LogP contribution in [0.4, 0.5) is 4.39 Å². The lowest BCUT2D eigenvalue weighted by atomic mass is 10.0. The number of likely N-dealkylation sites (tertiary alicyclic amines) is 1. The third-order valence-corrected chi connectivity index (χ3v) is 7.13. The van der Waals surface area contributed by atoms with Crippen molar-refractivity contribution < 1.29 is 23.5 Å². The fourth-order valence-corrected chi connectivity index (χ4v) is 5.33. The molecule has 0 saturated carbocycles. The van der Waals surface area contributed by atoms with E-state index in [1.807, 2.05) is 29.2 Å². The summed E-state index contributed by atoms with van der Waals surface area (Å²) in [5.41, 5.74) is 3.26. The van der Waals surface area contributed by atoms with E-state index in [0.717, 1.165) is 22.0 Å². The van der Waals surface area contributed by atoms with Gasteiger partial charge in [-0.2, -0.15) is 0 Å². The van der Waals surface area contributed by atoms with E-state index in [0.29, 0.717) is 30.8 Å². The number of fused-ring (bicyclic) bond motifs is 2. The Morgan fingerprint density at radius 3 is 2.83 bits per heavy atom. The van der Waals surface area contributed by atoms with E-state index in [1.165, 1.54) is 4.90 Å². The quantitative estimate of drug-likeness (QED) is 0.555. The molecule has 1 aromatic heterocycles. The number of rotatable bonds is 5. The Morgan fingerprint density at radius 2 is 1.97 bits per heavy atom. The Bertz CT molecular complexity index is 1380. The normalized spacial score (nSPS) is 24.3. The molecule has 8 nitrogen and oxygen atoms in total. The third kappa shape index (κ3) is 4.19. The molecule has 3 aromatic rings. The number of halogens is 1. The highest BCUT2D eigenvalue weighted by atomic mass is 19.1. The Balaban J connectivity index is 1.11. The van der Waals surface area contributed by atoms with E-state index >= 15 is 0 Å². The van der Waals surface area contributed by atoms with Crippen molar-refractivity contribution in [1.29, 1.82) is 0 Å². The summed E-state index contributed by atoms with van der Waals surface area (Å²) in [6.07, 6.45) is 0.523. The van der Waals surface area contributed by atoms with Crippen LogP contribution in [0.1, 0.15) is 34.3 Å². The van der Waals surface area contributed by atoms with E-state index in [2.05, 4.69) is 16.4 Å². The molecule has 2 saturated heterocycles. The Morgan fingerprint density at radius 1 is 1.08 bits per heavy atom. The number of aromatic nitrogens is 1. The monoisotopic (exact) mass is 488 g/mol. The van der Waals surface area contributed by atoms with Crippen LogP contribution in [0.15, 0.2) is 54.7 Å². The number of piperidine rings is 1. The van der Waals surface area contributed by atoms with Gasteiger partial charge in [0.2, 0.25) is 11.8 Å². The molecule has 3 amide bonds. The zero-order valence-electron chi connectivity index (χ0n) is 19.5. The van der Waals surface area contributed by atoms with E-state index in [9.17, 15) is 18.8 Å². The molecule has 1 unspecified atom stereocenters. The molecule has 1 N–H and O–H groups in total. The van der Waals surface area contributed by atoms with Crippen LogP contribution in [0.25, 0.3) is 10.9 Å². The van der Waals surface area contributed by atoms with E-state index in [1.54, 1.807) is 24.4 Å². The summed E-state index contributed by atoms with van der Waals surface area (Å²) in [4.78, 5) is 44.5. The fourth-order valence-electron chi connectivity index (χ4n) is 5.33. The van der Waals surface area contributed by atoms with Gasteiger partial charge in [0.15, 0.2) is 6.17 Å². The first-order valence-corrected chi connectivity index (χ1v) is 12.1. The zero-order chi connectivity index (χ0) is 24.8. The minimum absolute atomic E-state index is 0.205. The summed E-state index contributed by atoms with van der Waals surface area (Å²) in [6, 6.07) is 14.4. The molecule has 4 heterocycles. The van der Waals surface area contributed by atoms with Gasteiger partial charge < -0.3 is 9.64 Å². The Hall–Kier alpha value is -3.85. The second-order valence-corrected chi connectivity index (χ2v) is 9.62. The third-order valence-electron chi connectivity index (χ3n) is 7.13. The van der Waals surface area contributed by atoms with Gasteiger partial charge in [-0.05, 0) is 53.9 Å². The average Bonchev–Trinajstić information content (AvgIpc) is 3.37. The van der Waals surface area contributed by atoms with Gasteiger partial charge in [0.25, 0.3) is 5.91 Å². The smallest absolute Gasteiger partial charge is 0.255 e. The molecule has 36 heavy (non-hydrogen) atoms. The standard InChI is InChI=1S/C27H25FN4O4/c28-21-14-31(12-16-3-6-22-17(10-16)2-1-9-29-22)15-24(21)36-19-4-5-20-18(11-19)13-32(27(20)35)23-7-8-25(33)30-26(23)34/h1-6,9-11,21,23-24H,7-8,12-15H2,(H,30,33,34)/t21-,23?,24-/m1/s1. The van der Waals surface area contributed by atoms with Crippen LogP contribution < -0.4 is 10.1 Å². The summed E-state index contributed by atoms with van der Waals surface area (Å²) >= 11 is 0. The summed E-state index contributed by atoms with van der Waals surface area (Å²) < 4.78 is 20.9. The maximum Gasteiger partial charge on any atom is 0.255 e. The number of hydrogen-bond acceptors (Lipinski definition) is 6. The molecule has 6 rings (SSSR count). The molecule has 3 atom stereocenters. The molecule has 3 aliphatic heterocycles.